The number of hydrogen-bond acceptors (Lipinski definition) is 6. The van der Waals surface area contributed by atoms with Crippen LogP contribution >= 0.6 is 0 Å². The van der Waals surface area contributed by atoms with E-state index in [2.05, 4.69) is 164 Å². The van der Waals surface area contributed by atoms with E-state index in [0.29, 0.717) is 34.9 Å². The summed E-state index contributed by atoms with van der Waals surface area (Å²) in [6.45, 7) is 0. The lowest BCUT2D eigenvalue weighted by molar-refractivity contribution is 0.768. The number of nitrogens with zero attached hydrogens (tertiary/aromatic N) is 6. The zero-order valence-electron chi connectivity index (χ0n) is 36.3. The molecule has 0 saturated heterocycles. The first-order chi connectivity index (χ1) is 33.2. The van der Waals surface area contributed by atoms with Crippen molar-refractivity contribution >= 4 is 0 Å². The Labute approximate surface area is 389 Å². The summed E-state index contributed by atoms with van der Waals surface area (Å²) in [7, 11) is 0. The van der Waals surface area contributed by atoms with Gasteiger partial charge in [-0.15, -0.1) is 0 Å². The van der Waals surface area contributed by atoms with E-state index >= 15 is 0 Å². The Morgan fingerprint density at radius 2 is 0.537 bits per heavy atom. The van der Waals surface area contributed by atoms with Gasteiger partial charge >= 0.3 is 0 Å². The lowest BCUT2D eigenvalue weighted by atomic mass is 9.67. The Morgan fingerprint density at radius 3 is 1.00 bits per heavy atom. The van der Waals surface area contributed by atoms with Crippen LogP contribution in [0.3, 0.4) is 0 Å². The van der Waals surface area contributed by atoms with Crippen molar-refractivity contribution < 1.29 is 0 Å². The molecule has 314 valence electrons. The highest BCUT2D eigenvalue weighted by Gasteiger charge is 2.47. The van der Waals surface area contributed by atoms with Crippen molar-refractivity contribution in [2.45, 2.75) is 5.41 Å². The molecule has 0 amide bonds. The lowest BCUT2D eigenvalue weighted by Crippen LogP contribution is -2.28. The lowest BCUT2D eigenvalue weighted by Gasteiger charge is -2.33. The Bertz CT molecular complexity index is 3470. The predicted octanol–water partition coefficient (Wildman–Crippen LogP) is 14.1. The fourth-order valence-corrected chi connectivity index (χ4v) is 9.63. The first-order valence-corrected chi connectivity index (χ1v) is 22.5. The van der Waals surface area contributed by atoms with Gasteiger partial charge in [0.05, 0.1) is 5.41 Å². The van der Waals surface area contributed by atoms with Crippen LogP contribution < -0.4 is 0 Å². The third-order valence-electron chi connectivity index (χ3n) is 12.7. The molecular weight excluding hydrogens is 817 g/mol. The van der Waals surface area contributed by atoms with Gasteiger partial charge in [0.2, 0.25) is 0 Å². The smallest absolute Gasteiger partial charge is 0.164 e. The van der Waals surface area contributed by atoms with E-state index in [1.807, 2.05) is 78.9 Å². The molecular formula is C61H40N6. The summed E-state index contributed by atoms with van der Waals surface area (Å²) >= 11 is 0. The van der Waals surface area contributed by atoms with Crippen LogP contribution in [-0.4, -0.2) is 29.9 Å². The van der Waals surface area contributed by atoms with Gasteiger partial charge in [-0.1, -0.05) is 231 Å². The molecule has 11 aromatic rings. The minimum atomic E-state index is -0.557. The Balaban J connectivity index is 1.000. The summed E-state index contributed by atoms with van der Waals surface area (Å²) in [4.78, 5) is 30.8. The second-order valence-electron chi connectivity index (χ2n) is 16.6. The van der Waals surface area contributed by atoms with Gasteiger partial charge in [-0.05, 0) is 56.6 Å². The Hall–Kier alpha value is -9.00. The molecule has 0 saturated carbocycles. The number of rotatable bonds is 9. The third-order valence-corrected chi connectivity index (χ3v) is 12.7. The second-order valence-corrected chi connectivity index (χ2v) is 16.6. The van der Waals surface area contributed by atoms with Gasteiger partial charge in [0.25, 0.3) is 0 Å². The molecule has 2 aromatic heterocycles. The monoisotopic (exact) mass is 856 g/mol. The molecule has 6 heteroatoms. The highest BCUT2D eigenvalue weighted by Crippen LogP contribution is 2.58. The van der Waals surface area contributed by atoms with Crippen molar-refractivity contribution in [2.75, 3.05) is 0 Å². The molecule has 67 heavy (non-hydrogen) atoms. The fourth-order valence-electron chi connectivity index (χ4n) is 9.63. The van der Waals surface area contributed by atoms with E-state index < -0.39 is 5.41 Å². The molecule has 0 spiro atoms. The van der Waals surface area contributed by atoms with E-state index in [1.54, 1.807) is 0 Å². The van der Waals surface area contributed by atoms with E-state index in [-0.39, 0.29) is 0 Å². The largest absolute Gasteiger partial charge is 0.208 e. The molecule has 6 nitrogen and oxygen atoms in total. The maximum Gasteiger partial charge on any atom is 0.164 e. The zero-order valence-corrected chi connectivity index (χ0v) is 36.3. The molecule has 0 unspecified atom stereocenters. The van der Waals surface area contributed by atoms with Crippen molar-refractivity contribution in [3.05, 3.63) is 265 Å². The molecule has 9 aromatic carbocycles. The summed E-state index contributed by atoms with van der Waals surface area (Å²) in [6, 6.07) is 84.1. The molecule has 12 rings (SSSR count). The summed E-state index contributed by atoms with van der Waals surface area (Å²) in [5.41, 5.74) is 14.0. The molecule has 1 aliphatic carbocycles. The van der Waals surface area contributed by atoms with Crippen LogP contribution in [0, 0.1) is 0 Å². The van der Waals surface area contributed by atoms with Crippen LogP contribution in [0.25, 0.3) is 90.6 Å². The minimum absolute atomic E-state index is 0.557. The van der Waals surface area contributed by atoms with Gasteiger partial charge in [0, 0.05) is 33.4 Å². The average Bonchev–Trinajstić information content (AvgIpc) is 3.73. The van der Waals surface area contributed by atoms with Gasteiger partial charge in [-0.2, -0.15) is 0 Å². The standard InChI is InChI=1S/C61H40N6/c1-6-21-41(22-7-1)55-62-56(42-23-8-2-9-24-42)64-58(63-55)46-29-18-27-44(39-46)45-28-19-30-47(40-45)59-65-57(43-25-10-3-11-26-43)66-60(67-59)51-36-20-38-53-54(51)50-35-16-17-37-52(50)61(53,48-31-12-4-13-32-48)49-33-14-5-15-34-49/h1-40H. The van der Waals surface area contributed by atoms with Crippen LogP contribution in [0.4, 0.5) is 0 Å². The first kappa shape index (κ1) is 39.6. The summed E-state index contributed by atoms with van der Waals surface area (Å²) in [5, 5.41) is 0. The number of benzene rings is 9. The number of aromatic nitrogens is 6. The van der Waals surface area contributed by atoms with Crippen molar-refractivity contribution in [1.29, 1.82) is 0 Å². The summed E-state index contributed by atoms with van der Waals surface area (Å²) < 4.78 is 0. The highest BCUT2D eigenvalue weighted by molar-refractivity contribution is 5.94. The Kier molecular flexibility index (Phi) is 9.95. The molecule has 0 aliphatic heterocycles. The second kappa shape index (κ2) is 16.8. The Morgan fingerprint density at radius 1 is 0.224 bits per heavy atom. The third kappa shape index (κ3) is 7.09. The zero-order chi connectivity index (χ0) is 44.6. The van der Waals surface area contributed by atoms with Crippen LogP contribution in [0.5, 0.6) is 0 Å². The highest BCUT2D eigenvalue weighted by atomic mass is 15.0. The molecule has 0 radical (unpaired) electrons. The van der Waals surface area contributed by atoms with Crippen LogP contribution in [-0.2, 0) is 5.41 Å². The first-order valence-electron chi connectivity index (χ1n) is 22.5. The van der Waals surface area contributed by atoms with E-state index in [9.17, 15) is 0 Å². The molecule has 0 fully saturated rings. The maximum atomic E-state index is 5.37. The van der Waals surface area contributed by atoms with E-state index in [1.165, 1.54) is 22.3 Å². The van der Waals surface area contributed by atoms with Crippen molar-refractivity contribution in [3.8, 4) is 90.6 Å². The van der Waals surface area contributed by atoms with E-state index in [4.69, 9.17) is 29.9 Å². The quantitative estimate of drug-likeness (QED) is 0.144. The SMILES string of the molecule is c1ccc(-c2nc(-c3ccccc3)nc(-c3cccc(-c4cccc(-c5nc(-c6ccccc6)nc(-c6cccc7c6-c6ccccc6C7(c6ccccc6)c6ccccc6)n5)c4)c3)n2)cc1. The topological polar surface area (TPSA) is 77.3 Å². The average molecular weight is 857 g/mol. The molecule has 0 bridgehead atoms. The van der Waals surface area contributed by atoms with Crippen LogP contribution in [0.1, 0.15) is 22.3 Å². The van der Waals surface area contributed by atoms with Gasteiger partial charge in [-0.25, -0.2) is 29.9 Å². The number of hydrogen-bond donors (Lipinski definition) is 0. The van der Waals surface area contributed by atoms with E-state index in [0.717, 1.165) is 55.6 Å². The van der Waals surface area contributed by atoms with Gasteiger partial charge in [0.15, 0.2) is 34.9 Å². The molecule has 0 atom stereocenters. The normalized spacial score (nSPS) is 12.3. The molecule has 1 aliphatic rings. The van der Waals surface area contributed by atoms with Crippen LogP contribution in [0.15, 0.2) is 243 Å². The van der Waals surface area contributed by atoms with Gasteiger partial charge in [0.1, 0.15) is 0 Å². The molecule has 0 N–H and O–H groups in total. The van der Waals surface area contributed by atoms with Crippen molar-refractivity contribution in [2.24, 2.45) is 0 Å². The minimum Gasteiger partial charge on any atom is -0.208 e. The maximum absolute atomic E-state index is 5.37. The summed E-state index contributed by atoms with van der Waals surface area (Å²) in [6.07, 6.45) is 0. The van der Waals surface area contributed by atoms with Crippen molar-refractivity contribution in [3.63, 3.8) is 0 Å². The summed E-state index contributed by atoms with van der Waals surface area (Å²) in [5.74, 6) is 3.64. The van der Waals surface area contributed by atoms with Crippen molar-refractivity contribution in [1.82, 2.24) is 29.9 Å². The predicted molar refractivity (Wildman–Crippen MR) is 269 cm³/mol. The van der Waals surface area contributed by atoms with Crippen LogP contribution in [0.2, 0.25) is 0 Å². The van der Waals surface area contributed by atoms with Gasteiger partial charge in [-0.3, -0.25) is 0 Å². The number of fused-ring (bicyclic) bond motifs is 3. The fraction of sp³-hybridized carbons (Fsp3) is 0.0164. The molecule has 2 heterocycles. The van der Waals surface area contributed by atoms with Gasteiger partial charge < -0.3 is 0 Å².